The van der Waals surface area contributed by atoms with Crippen LogP contribution in [0.4, 0.5) is 13.2 Å². The molecule has 0 bridgehead atoms. The largest absolute Gasteiger partial charge is 0.573 e. The molecule has 6 heteroatoms. The van der Waals surface area contributed by atoms with Gasteiger partial charge in [-0.3, -0.25) is 0 Å². The fourth-order valence-corrected chi connectivity index (χ4v) is 0.866. The maximum atomic E-state index is 11.8. The summed E-state index contributed by atoms with van der Waals surface area (Å²) in [7, 11) is 0. The number of hydrogen-bond acceptors (Lipinski definition) is 2. The first kappa shape index (κ1) is 11.9. The molecule has 0 amide bonds. The van der Waals surface area contributed by atoms with E-state index in [1.807, 2.05) is 5.92 Å². The Morgan fingerprint density at radius 1 is 1.25 bits per heavy atom. The van der Waals surface area contributed by atoms with Crippen LogP contribution in [0.3, 0.4) is 0 Å². The van der Waals surface area contributed by atoms with Crippen LogP contribution < -0.4 is 4.74 Å². The fourth-order valence-electron chi connectivity index (χ4n) is 0.866. The van der Waals surface area contributed by atoms with Gasteiger partial charge in [-0.15, -0.1) is 13.2 Å². The third-order valence-corrected chi connectivity index (χ3v) is 1.40. The van der Waals surface area contributed by atoms with E-state index in [2.05, 4.69) is 10.7 Å². The molecule has 0 heterocycles. The van der Waals surface area contributed by atoms with Crippen molar-refractivity contribution in [1.82, 2.24) is 0 Å². The van der Waals surface area contributed by atoms with Gasteiger partial charge in [0, 0.05) is 11.5 Å². The highest BCUT2D eigenvalue weighted by Crippen LogP contribution is 2.22. The molecular weight excluding hydrogens is 225 g/mol. The summed E-state index contributed by atoms with van der Waals surface area (Å²) in [5.41, 5.74) is 0.289. The third-order valence-electron chi connectivity index (χ3n) is 1.40. The zero-order valence-electron chi connectivity index (χ0n) is 7.71. The highest BCUT2D eigenvalue weighted by atomic mass is 19.4. The van der Waals surface area contributed by atoms with Crippen LogP contribution in [0.5, 0.6) is 5.75 Å². The number of carbonyl (C=O) groups is 1. The highest BCUT2D eigenvalue weighted by molar-refractivity contribution is 5.87. The van der Waals surface area contributed by atoms with Gasteiger partial charge >= 0.3 is 12.3 Å². The summed E-state index contributed by atoms with van der Waals surface area (Å²) in [6.45, 7) is 0. The Hall–Kier alpha value is -2.16. The minimum Gasteiger partial charge on any atom is -0.472 e. The van der Waals surface area contributed by atoms with Crippen LogP contribution in [0.2, 0.25) is 0 Å². The lowest BCUT2D eigenvalue weighted by atomic mass is 10.2. The molecule has 0 fully saturated rings. The monoisotopic (exact) mass is 230 g/mol. The van der Waals surface area contributed by atoms with E-state index in [4.69, 9.17) is 5.11 Å². The molecule has 84 valence electrons. The van der Waals surface area contributed by atoms with Crippen molar-refractivity contribution in [3.63, 3.8) is 0 Å². The number of aliphatic carboxylic acids is 1. The average Bonchev–Trinajstić information content (AvgIpc) is 2.14. The Labute approximate surface area is 88.5 Å². The van der Waals surface area contributed by atoms with E-state index < -0.39 is 12.3 Å². The van der Waals surface area contributed by atoms with Crippen molar-refractivity contribution in [2.75, 3.05) is 0 Å². The SMILES string of the molecule is O=C(O)C#Cc1ccc(OC(F)(F)F)cc1. The van der Waals surface area contributed by atoms with E-state index >= 15 is 0 Å². The Bertz CT molecular complexity index is 437. The predicted molar refractivity (Wildman–Crippen MR) is 47.6 cm³/mol. The van der Waals surface area contributed by atoms with Crippen LogP contribution in [-0.2, 0) is 4.79 Å². The molecule has 0 aliphatic rings. The number of carboxylic acids is 1. The topological polar surface area (TPSA) is 46.5 Å². The van der Waals surface area contributed by atoms with Gasteiger partial charge in [-0.25, -0.2) is 4.79 Å². The molecule has 0 aromatic heterocycles. The molecule has 16 heavy (non-hydrogen) atoms. The van der Waals surface area contributed by atoms with E-state index in [-0.39, 0.29) is 11.3 Å². The molecule has 3 nitrogen and oxygen atoms in total. The minimum absolute atomic E-state index is 0.289. The van der Waals surface area contributed by atoms with Gasteiger partial charge in [-0.05, 0) is 24.3 Å². The maximum absolute atomic E-state index is 11.8. The van der Waals surface area contributed by atoms with E-state index in [1.165, 1.54) is 12.1 Å². The molecule has 0 aliphatic heterocycles. The van der Waals surface area contributed by atoms with E-state index in [1.54, 1.807) is 0 Å². The van der Waals surface area contributed by atoms with Gasteiger partial charge in [0.1, 0.15) is 5.75 Å². The first-order valence-electron chi connectivity index (χ1n) is 3.97. The molecule has 1 aromatic rings. The minimum atomic E-state index is -4.74. The van der Waals surface area contributed by atoms with Crippen molar-refractivity contribution in [2.24, 2.45) is 0 Å². The number of alkyl halides is 3. The van der Waals surface area contributed by atoms with Crippen LogP contribution >= 0.6 is 0 Å². The van der Waals surface area contributed by atoms with Gasteiger partial charge < -0.3 is 9.84 Å². The zero-order valence-corrected chi connectivity index (χ0v) is 7.71. The first-order chi connectivity index (χ1) is 7.37. The lowest BCUT2D eigenvalue weighted by molar-refractivity contribution is -0.274. The molecule has 0 saturated heterocycles. The molecule has 0 aliphatic carbocycles. The molecule has 1 rings (SSSR count). The van der Waals surface area contributed by atoms with Crippen molar-refractivity contribution < 1.29 is 27.8 Å². The van der Waals surface area contributed by atoms with Crippen molar-refractivity contribution in [1.29, 1.82) is 0 Å². The molecule has 0 spiro atoms. The smallest absolute Gasteiger partial charge is 0.472 e. The molecule has 0 radical (unpaired) electrons. The fraction of sp³-hybridized carbons (Fsp3) is 0.100. The molecule has 1 aromatic carbocycles. The molecule has 0 atom stereocenters. The summed E-state index contributed by atoms with van der Waals surface area (Å²) in [5, 5.41) is 8.24. The Morgan fingerprint density at radius 2 is 1.81 bits per heavy atom. The van der Waals surface area contributed by atoms with Crippen LogP contribution in [0, 0.1) is 11.8 Å². The van der Waals surface area contributed by atoms with Crippen molar-refractivity contribution in [3.05, 3.63) is 29.8 Å². The van der Waals surface area contributed by atoms with Crippen LogP contribution in [-0.4, -0.2) is 17.4 Å². The second kappa shape index (κ2) is 4.57. The lowest BCUT2D eigenvalue weighted by Gasteiger charge is -2.07. The van der Waals surface area contributed by atoms with Gasteiger partial charge in [0.05, 0.1) is 0 Å². The summed E-state index contributed by atoms with van der Waals surface area (Å²) in [5.74, 6) is 2.39. The summed E-state index contributed by atoms with van der Waals surface area (Å²) in [6.07, 6.45) is -4.74. The Balaban J connectivity index is 2.77. The van der Waals surface area contributed by atoms with Crippen LogP contribution in [0.25, 0.3) is 0 Å². The highest BCUT2D eigenvalue weighted by Gasteiger charge is 2.30. The second-order valence-corrected chi connectivity index (χ2v) is 2.63. The number of halogens is 3. The summed E-state index contributed by atoms with van der Waals surface area (Å²) in [4.78, 5) is 10.1. The maximum Gasteiger partial charge on any atom is 0.573 e. The number of carboxylic acid groups (broad SMARTS) is 1. The standard InChI is InChI=1S/C10H5F3O3/c11-10(12,13)16-8-4-1-7(2-5-8)3-6-9(14)15/h1-2,4-5H,(H,14,15). The Kier molecular flexibility index (Phi) is 3.40. The summed E-state index contributed by atoms with van der Waals surface area (Å²) in [6, 6.07) is 4.58. The molecule has 0 unspecified atom stereocenters. The summed E-state index contributed by atoms with van der Waals surface area (Å²) < 4.78 is 38.9. The van der Waals surface area contributed by atoms with Crippen LogP contribution in [0.1, 0.15) is 5.56 Å². The molecular formula is C10H5F3O3. The molecule has 0 saturated carbocycles. The zero-order chi connectivity index (χ0) is 12.2. The van der Waals surface area contributed by atoms with Gasteiger partial charge in [-0.2, -0.15) is 0 Å². The normalized spacial score (nSPS) is 10.2. The predicted octanol–water partition coefficient (Wildman–Crippen LogP) is 2.02. The second-order valence-electron chi connectivity index (χ2n) is 2.63. The average molecular weight is 230 g/mol. The van der Waals surface area contributed by atoms with E-state index in [0.717, 1.165) is 12.1 Å². The van der Waals surface area contributed by atoms with Crippen LogP contribution in [0.15, 0.2) is 24.3 Å². The molecule has 1 N–H and O–H groups in total. The van der Waals surface area contributed by atoms with Gasteiger partial charge in [0.2, 0.25) is 0 Å². The Morgan fingerprint density at radius 3 is 2.25 bits per heavy atom. The number of rotatable bonds is 1. The lowest BCUT2D eigenvalue weighted by Crippen LogP contribution is -2.16. The third kappa shape index (κ3) is 4.37. The summed E-state index contributed by atoms with van der Waals surface area (Å²) >= 11 is 0. The van der Waals surface area contributed by atoms with E-state index in [9.17, 15) is 18.0 Å². The first-order valence-corrected chi connectivity index (χ1v) is 3.97. The quantitative estimate of drug-likeness (QED) is 0.751. The van der Waals surface area contributed by atoms with Gasteiger partial charge in [0.25, 0.3) is 0 Å². The van der Waals surface area contributed by atoms with Crippen molar-refractivity contribution in [3.8, 4) is 17.6 Å². The van der Waals surface area contributed by atoms with E-state index in [0.29, 0.717) is 0 Å². The van der Waals surface area contributed by atoms with Crippen molar-refractivity contribution >= 4 is 5.97 Å². The number of benzene rings is 1. The van der Waals surface area contributed by atoms with Gasteiger partial charge in [-0.1, -0.05) is 5.92 Å². The number of hydrogen-bond donors (Lipinski definition) is 1. The van der Waals surface area contributed by atoms with Crippen molar-refractivity contribution in [2.45, 2.75) is 6.36 Å². The van der Waals surface area contributed by atoms with Gasteiger partial charge in [0.15, 0.2) is 0 Å². The number of ether oxygens (including phenoxy) is 1.